The van der Waals surface area contributed by atoms with Crippen molar-refractivity contribution in [2.75, 3.05) is 5.32 Å². The summed E-state index contributed by atoms with van der Waals surface area (Å²) >= 11 is 0. The van der Waals surface area contributed by atoms with Gasteiger partial charge in [0.1, 0.15) is 0 Å². The molecule has 0 aliphatic rings. The third kappa shape index (κ3) is 2.77. The Hall–Kier alpha value is -2.42. The van der Waals surface area contributed by atoms with Gasteiger partial charge in [0, 0.05) is 18.1 Å². The molecule has 3 heteroatoms. The molecule has 3 rings (SSSR count). The average Bonchev–Trinajstić information content (AvgIpc) is 2.53. The summed E-state index contributed by atoms with van der Waals surface area (Å²) in [6, 6.07) is 16.6. The largest absolute Gasteiger partial charge is 0.350 e. The van der Waals surface area contributed by atoms with Crippen LogP contribution in [0.25, 0.3) is 10.9 Å². The average molecular weight is 263 g/mol. The van der Waals surface area contributed by atoms with E-state index in [1.165, 1.54) is 11.1 Å². The van der Waals surface area contributed by atoms with E-state index in [2.05, 4.69) is 46.5 Å². The first kappa shape index (κ1) is 12.6. The molecule has 0 unspecified atom stereocenters. The van der Waals surface area contributed by atoms with Crippen molar-refractivity contribution >= 4 is 16.9 Å². The number of hydrogen-bond donors (Lipinski definition) is 1. The van der Waals surface area contributed by atoms with Gasteiger partial charge in [-0.3, -0.25) is 0 Å². The molecule has 2 aromatic carbocycles. The highest BCUT2D eigenvalue weighted by Crippen LogP contribution is 2.12. The SMILES string of the molecule is CCc1ccc(CNc2ncc3ccccc3n2)cc1. The predicted molar refractivity (Wildman–Crippen MR) is 82.7 cm³/mol. The number of aromatic nitrogens is 2. The first-order valence-electron chi connectivity index (χ1n) is 6.88. The maximum atomic E-state index is 4.50. The van der Waals surface area contributed by atoms with Crippen LogP contribution in [0, 0.1) is 0 Å². The van der Waals surface area contributed by atoms with E-state index in [0.717, 1.165) is 23.9 Å². The van der Waals surface area contributed by atoms with Gasteiger partial charge in [-0.25, -0.2) is 9.97 Å². The fraction of sp³-hybridized carbons (Fsp3) is 0.176. The number of para-hydroxylation sites is 1. The lowest BCUT2D eigenvalue weighted by molar-refractivity contribution is 1.06. The molecule has 100 valence electrons. The summed E-state index contributed by atoms with van der Waals surface area (Å²) in [7, 11) is 0. The number of fused-ring (bicyclic) bond motifs is 1. The lowest BCUT2D eigenvalue weighted by atomic mass is 10.1. The second-order valence-corrected chi connectivity index (χ2v) is 4.78. The Morgan fingerprint density at radius 1 is 0.950 bits per heavy atom. The number of benzene rings is 2. The molecular formula is C17H17N3. The maximum Gasteiger partial charge on any atom is 0.223 e. The normalized spacial score (nSPS) is 10.7. The monoisotopic (exact) mass is 263 g/mol. The van der Waals surface area contributed by atoms with Crippen LogP contribution in [-0.2, 0) is 13.0 Å². The van der Waals surface area contributed by atoms with Gasteiger partial charge < -0.3 is 5.32 Å². The smallest absolute Gasteiger partial charge is 0.223 e. The molecule has 3 nitrogen and oxygen atoms in total. The fourth-order valence-electron chi connectivity index (χ4n) is 2.13. The molecule has 0 saturated carbocycles. The molecule has 20 heavy (non-hydrogen) atoms. The van der Waals surface area contributed by atoms with E-state index in [1.807, 2.05) is 30.5 Å². The van der Waals surface area contributed by atoms with Crippen LogP contribution in [0.5, 0.6) is 0 Å². The number of nitrogens with zero attached hydrogens (tertiary/aromatic N) is 2. The van der Waals surface area contributed by atoms with Crippen molar-refractivity contribution in [2.24, 2.45) is 0 Å². The highest BCUT2D eigenvalue weighted by atomic mass is 15.1. The van der Waals surface area contributed by atoms with Crippen molar-refractivity contribution in [1.82, 2.24) is 9.97 Å². The molecule has 0 fully saturated rings. The summed E-state index contributed by atoms with van der Waals surface area (Å²) in [6.07, 6.45) is 2.92. The second-order valence-electron chi connectivity index (χ2n) is 4.78. The molecule has 3 aromatic rings. The Labute approximate surface area is 118 Å². The molecule has 1 aromatic heterocycles. The summed E-state index contributed by atoms with van der Waals surface area (Å²) in [6.45, 7) is 2.90. The van der Waals surface area contributed by atoms with Gasteiger partial charge in [0.05, 0.1) is 5.52 Å². The molecular weight excluding hydrogens is 246 g/mol. The van der Waals surface area contributed by atoms with Gasteiger partial charge in [-0.2, -0.15) is 0 Å². The Balaban J connectivity index is 1.72. The Kier molecular flexibility index (Phi) is 3.59. The molecule has 1 heterocycles. The van der Waals surface area contributed by atoms with Crippen molar-refractivity contribution < 1.29 is 0 Å². The third-order valence-corrected chi connectivity index (χ3v) is 3.37. The number of anilines is 1. The molecule has 0 amide bonds. The minimum Gasteiger partial charge on any atom is -0.350 e. The summed E-state index contributed by atoms with van der Waals surface area (Å²) in [4.78, 5) is 8.84. The van der Waals surface area contributed by atoms with Crippen molar-refractivity contribution in [1.29, 1.82) is 0 Å². The number of nitrogens with one attached hydrogen (secondary N) is 1. The molecule has 0 aliphatic carbocycles. The molecule has 0 atom stereocenters. The number of hydrogen-bond acceptors (Lipinski definition) is 3. The predicted octanol–water partition coefficient (Wildman–Crippen LogP) is 3.80. The zero-order chi connectivity index (χ0) is 13.8. The summed E-state index contributed by atoms with van der Waals surface area (Å²) < 4.78 is 0. The molecule has 0 bridgehead atoms. The summed E-state index contributed by atoms with van der Waals surface area (Å²) in [5.74, 6) is 0.670. The fourth-order valence-corrected chi connectivity index (χ4v) is 2.13. The van der Waals surface area contributed by atoms with E-state index in [9.17, 15) is 0 Å². The van der Waals surface area contributed by atoms with Crippen LogP contribution in [0.3, 0.4) is 0 Å². The zero-order valence-corrected chi connectivity index (χ0v) is 11.5. The van der Waals surface area contributed by atoms with E-state index in [0.29, 0.717) is 5.95 Å². The van der Waals surface area contributed by atoms with Crippen LogP contribution >= 0.6 is 0 Å². The third-order valence-electron chi connectivity index (χ3n) is 3.37. The van der Waals surface area contributed by atoms with Gasteiger partial charge in [-0.05, 0) is 23.6 Å². The van der Waals surface area contributed by atoms with Crippen LogP contribution in [0.15, 0.2) is 54.7 Å². The topological polar surface area (TPSA) is 37.8 Å². The van der Waals surface area contributed by atoms with E-state index in [-0.39, 0.29) is 0 Å². The standard InChI is InChI=1S/C17H17N3/c1-2-13-7-9-14(10-8-13)11-18-17-19-12-15-5-3-4-6-16(15)20-17/h3-10,12H,2,11H2,1H3,(H,18,19,20). The van der Waals surface area contributed by atoms with Gasteiger partial charge in [0.15, 0.2) is 0 Å². The molecule has 0 spiro atoms. The Bertz CT molecular complexity index is 705. The lowest BCUT2D eigenvalue weighted by Crippen LogP contribution is -2.03. The first-order chi connectivity index (χ1) is 9.85. The Morgan fingerprint density at radius 3 is 2.50 bits per heavy atom. The molecule has 1 N–H and O–H groups in total. The van der Waals surface area contributed by atoms with Crippen molar-refractivity contribution in [3.05, 3.63) is 65.9 Å². The highest BCUT2D eigenvalue weighted by Gasteiger charge is 1.99. The molecule has 0 saturated heterocycles. The van der Waals surface area contributed by atoms with Gasteiger partial charge in [-0.1, -0.05) is 49.4 Å². The van der Waals surface area contributed by atoms with Crippen LogP contribution in [0.4, 0.5) is 5.95 Å². The van der Waals surface area contributed by atoms with E-state index >= 15 is 0 Å². The van der Waals surface area contributed by atoms with Crippen molar-refractivity contribution in [3.8, 4) is 0 Å². The summed E-state index contributed by atoms with van der Waals surface area (Å²) in [5, 5.41) is 4.33. The van der Waals surface area contributed by atoms with Gasteiger partial charge in [-0.15, -0.1) is 0 Å². The van der Waals surface area contributed by atoms with E-state index in [1.54, 1.807) is 0 Å². The quantitative estimate of drug-likeness (QED) is 0.778. The number of rotatable bonds is 4. The van der Waals surface area contributed by atoms with Crippen LogP contribution < -0.4 is 5.32 Å². The van der Waals surface area contributed by atoms with Crippen LogP contribution in [0.1, 0.15) is 18.1 Å². The minimum absolute atomic E-state index is 0.670. The maximum absolute atomic E-state index is 4.50. The Morgan fingerprint density at radius 2 is 1.70 bits per heavy atom. The van der Waals surface area contributed by atoms with Crippen LogP contribution in [0.2, 0.25) is 0 Å². The van der Waals surface area contributed by atoms with Gasteiger partial charge in [0.2, 0.25) is 5.95 Å². The van der Waals surface area contributed by atoms with Gasteiger partial charge in [0.25, 0.3) is 0 Å². The van der Waals surface area contributed by atoms with E-state index in [4.69, 9.17) is 0 Å². The first-order valence-corrected chi connectivity index (χ1v) is 6.88. The zero-order valence-electron chi connectivity index (χ0n) is 11.5. The lowest BCUT2D eigenvalue weighted by Gasteiger charge is -2.06. The van der Waals surface area contributed by atoms with Gasteiger partial charge >= 0.3 is 0 Å². The highest BCUT2D eigenvalue weighted by molar-refractivity contribution is 5.78. The molecule has 0 aliphatic heterocycles. The van der Waals surface area contributed by atoms with E-state index < -0.39 is 0 Å². The molecule has 0 radical (unpaired) electrons. The van der Waals surface area contributed by atoms with Crippen LogP contribution in [-0.4, -0.2) is 9.97 Å². The number of aryl methyl sites for hydroxylation is 1. The van der Waals surface area contributed by atoms with Crippen molar-refractivity contribution in [3.63, 3.8) is 0 Å². The van der Waals surface area contributed by atoms with Crippen molar-refractivity contribution in [2.45, 2.75) is 19.9 Å². The summed E-state index contributed by atoms with van der Waals surface area (Å²) in [5.41, 5.74) is 3.56. The minimum atomic E-state index is 0.670. The second kappa shape index (κ2) is 5.70.